The van der Waals surface area contributed by atoms with Gasteiger partial charge in [-0.25, -0.2) is 23.1 Å². The minimum absolute atomic E-state index is 0. The maximum Gasteiger partial charge on any atom is 0.316 e. The summed E-state index contributed by atoms with van der Waals surface area (Å²) in [5.74, 6) is -4.63. The largest absolute Gasteiger partial charge is 0.467 e. The predicted molar refractivity (Wildman–Crippen MR) is 121 cm³/mol. The molecule has 3 aromatic rings. The van der Waals surface area contributed by atoms with Gasteiger partial charge in [0.1, 0.15) is 11.5 Å². The van der Waals surface area contributed by atoms with Crippen molar-refractivity contribution >= 4 is 11.6 Å². The Bertz CT molecular complexity index is 1160. The quantitative estimate of drug-likeness (QED) is 0.526. The number of nitrogens with zero attached hydrogens (tertiary/aromatic N) is 4. The fourth-order valence-electron chi connectivity index (χ4n) is 4.17. The number of hydrogen-bond donors (Lipinski definition) is 1. The maximum absolute atomic E-state index is 14.6. The van der Waals surface area contributed by atoms with Crippen LogP contribution in [0.2, 0.25) is 0 Å². The molecule has 4 rings (SSSR count). The lowest BCUT2D eigenvalue weighted by Gasteiger charge is -2.34. The van der Waals surface area contributed by atoms with Crippen molar-refractivity contribution in [3.63, 3.8) is 0 Å². The number of ether oxygens (including phenoxy) is 1. The first-order valence-electron chi connectivity index (χ1n) is 10.4. The van der Waals surface area contributed by atoms with Gasteiger partial charge in [0.2, 0.25) is 5.92 Å². The Morgan fingerprint density at radius 3 is 2.53 bits per heavy atom. The molecule has 0 radical (unpaired) electrons. The highest BCUT2D eigenvalue weighted by Gasteiger charge is 2.41. The Morgan fingerprint density at radius 1 is 1.15 bits per heavy atom. The van der Waals surface area contributed by atoms with Crippen molar-refractivity contribution < 1.29 is 22.7 Å². The average molecular weight is 473 g/mol. The smallest absolute Gasteiger partial charge is 0.316 e. The Morgan fingerprint density at radius 2 is 1.88 bits per heavy atom. The standard InChI is InChI=1S/C23H22F3N5O2.CH4/c1-13-10-23(25,26)7-5-15(13)19-20(31-21(32)14-11-29-22(33-2)30-12-14)16(6-9-28-19)18-17(24)4-3-8-27-18;/h3-4,6,8-9,11-13,15H,5,7,10H2,1-2H3,(H,31,32);1H4/t13-,15?;/m1./s1. The lowest BCUT2D eigenvalue weighted by Crippen LogP contribution is -2.31. The second-order valence-corrected chi connectivity index (χ2v) is 8.05. The Labute approximate surface area is 195 Å². The number of aromatic nitrogens is 4. The zero-order valence-corrected chi connectivity index (χ0v) is 18.1. The van der Waals surface area contributed by atoms with Gasteiger partial charge < -0.3 is 10.1 Å². The molecule has 0 aromatic carbocycles. The van der Waals surface area contributed by atoms with Gasteiger partial charge in [0.25, 0.3) is 5.91 Å². The molecule has 3 aromatic heterocycles. The zero-order chi connectivity index (χ0) is 23.6. The number of anilines is 1. The van der Waals surface area contributed by atoms with Gasteiger partial charge in [-0.1, -0.05) is 14.4 Å². The highest BCUT2D eigenvalue weighted by atomic mass is 19.3. The van der Waals surface area contributed by atoms with E-state index in [1.807, 2.05) is 0 Å². The molecule has 1 N–H and O–H groups in total. The van der Waals surface area contributed by atoms with Crippen molar-refractivity contribution in [1.82, 2.24) is 19.9 Å². The van der Waals surface area contributed by atoms with Crippen molar-refractivity contribution in [3.05, 3.63) is 60.1 Å². The molecule has 0 saturated heterocycles. The Balaban J connectivity index is 0.00000324. The highest BCUT2D eigenvalue weighted by molar-refractivity contribution is 6.06. The SMILES string of the molecule is C.COc1ncc(C(=O)Nc2c(-c3ncccc3F)ccnc2C2CCC(F)(F)C[C@H]2C)cn1. The molecule has 2 atom stereocenters. The fourth-order valence-corrected chi connectivity index (χ4v) is 4.17. The molecule has 1 unspecified atom stereocenters. The number of rotatable bonds is 5. The van der Waals surface area contributed by atoms with Crippen LogP contribution in [0.15, 0.2) is 43.0 Å². The monoisotopic (exact) mass is 473 g/mol. The molecule has 34 heavy (non-hydrogen) atoms. The number of alkyl halides is 2. The molecule has 180 valence electrons. The van der Waals surface area contributed by atoms with E-state index < -0.39 is 23.6 Å². The molecule has 10 heteroatoms. The lowest BCUT2D eigenvalue weighted by molar-refractivity contribution is -0.0558. The molecule has 0 aliphatic heterocycles. The van der Waals surface area contributed by atoms with E-state index in [1.54, 1.807) is 6.92 Å². The highest BCUT2D eigenvalue weighted by Crippen LogP contribution is 2.47. The first-order valence-corrected chi connectivity index (χ1v) is 10.4. The molecule has 1 aliphatic rings. The molecule has 0 bridgehead atoms. The minimum atomic E-state index is -2.75. The molecular weight excluding hydrogens is 447 g/mol. The molecule has 0 spiro atoms. The van der Waals surface area contributed by atoms with Crippen LogP contribution < -0.4 is 10.1 Å². The third kappa shape index (κ3) is 5.16. The Kier molecular flexibility index (Phi) is 7.48. The fraction of sp³-hybridized carbons (Fsp3) is 0.375. The third-order valence-electron chi connectivity index (χ3n) is 5.79. The number of pyridine rings is 2. The molecule has 1 aliphatic carbocycles. The lowest BCUT2D eigenvalue weighted by atomic mass is 9.76. The number of carbonyl (C=O) groups is 1. The summed E-state index contributed by atoms with van der Waals surface area (Å²) >= 11 is 0. The number of halogens is 3. The molecule has 7 nitrogen and oxygen atoms in total. The topological polar surface area (TPSA) is 89.9 Å². The minimum Gasteiger partial charge on any atom is -0.467 e. The summed E-state index contributed by atoms with van der Waals surface area (Å²) < 4.78 is 47.5. The van der Waals surface area contributed by atoms with Crippen molar-refractivity contribution in [1.29, 1.82) is 0 Å². The summed E-state index contributed by atoms with van der Waals surface area (Å²) in [7, 11) is 1.40. The van der Waals surface area contributed by atoms with E-state index in [0.29, 0.717) is 11.3 Å². The number of amides is 1. The van der Waals surface area contributed by atoms with Gasteiger partial charge in [0.15, 0.2) is 0 Å². The summed E-state index contributed by atoms with van der Waals surface area (Å²) in [6.45, 7) is 1.73. The van der Waals surface area contributed by atoms with Gasteiger partial charge in [-0.15, -0.1) is 0 Å². The van der Waals surface area contributed by atoms with Crippen LogP contribution in [0.3, 0.4) is 0 Å². The van der Waals surface area contributed by atoms with Crippen molar-refractivity contribution in [3.8, 4) is 17.3 Å². The van der Waals surface area contributed by atoms with Crippen molar-refractivity contribution in [2.24, 2.45) is 5.92 Å². The summed E-state index contributed by atoms with van der Waals surface area (Å²) in [5.41, 5.74) is 1.13. The van der Waals surface area contributed by atoms with E-state index >= 15 is 0 Å². The second kappa shape index (κ2) is 10.1. The van der Waals surface area contributed by atoms with Crippen LogP contribution in [0.25, 0.3) is 11.3 Å². The van der Waals surface area contributed by atoms with E-state index in [2.05, 4.69) is 25.3 Å². The van der Waals surface area contributed by atoms with Gasteiger partial charge in [-0.3, -0.25) is 14.8 Å². The molecule has 1 amide bonds. The molecule has 1 fully saturated rings. The number of hydrogen-bond acceptors (Lipinski definition) is 6. The van der Waals surface area contributed by atoms with E-state index in [1.165, 1.54) is 50.1 Å². The number of carbonyl (C=O) groups excluding carboxylic acids is 1. The van der Waals surface area contributed by atoms with Crippen molar-refractivity contribution in [2.45, 2.75) is 45.5 Å². The van der Waals surface area contributed by atoms with Gasteiger partial charge in [-0.2, -0.15) is 0 Å². The molecule has 3 heterocycles. The van der Waals surface area contributed by atoms with Crippen molar-refractivity contribution in [2.75, 3.05) is 12.4 Å². The van der Waals surface area contributed by atoms with Gasteiger partial charge in [0.05, 0.1) is 24.1 Å². The van der Waals surface area contributed by atoms with Gasteiger partial charge in [0, 0.05) is 49.1 Å². The van der Waals surface area contributed by atoms with Crippen LogP contribution in [-0.2, 0) is 0 Å². The average Bonchev–Trinajstić information content (AvgIpc) is 2.79. The summed E-state index contributed by atoms with van der Waals surface area (Å²) in [4.78, 5) is 29.4. The number of nitrogens with one attached hydrogen (secondary N) is 1. The van der Waals surface area contributed by atoms with Gasteiger partial charge >= 0.3 is 6.01 Å². The second-order valence-electron chi connectivity index (χ2n) is 8.05. The van der Waals surface area contributed by atoms with E-state index in [9.17, 15) is 18.0 Å². The van der Waals surface area contributed by atoms with E-state index in [4.69, 9.17) is 4.74 Å². The number of methoxy groups -OCH3 is 1. The van der Waals surface area contributed by atoms with Crippen LogP contribution in [0.1, 0.15) is 55.6 Å². The van der Waals surface area contributed by atoms with E-state index in [-0.39, 0.29) is 55.6 Å². The summed E-state index contributed by atoms with van der Waals surface area (Å²) in [6, 6.07) is 4.35. The van der Waals surface area contributed by atoms with Crippen LogP contribution in [0.5, 0.6) is 6.01 Å². The van der Waals surface area contributed by atoms with Gasteiger partial charge in [-0.05, 0) is 30.5 Å². The summed E-state index contributed by atoms with van der Waals surface area (Å²) in [6.07, 6.45) is 5.11. The zero-order valence-electron chi connectivity index (χ0n) is 18.1. The maximum atomic E-state index is 14.6. The van der Waals surface area contributed by atoms with Crippen LogP contribution in [0.4, 0.5) is 18.9 Å². The predicted octanol–water partition coefficient (Wildman–Crippen LogP) is 5.51. The van der Waals surface area contributed by atoms with E-state index in [0.717, 1.165) is 0 Å². The first-order chi connectivity index (χ1) is 15.8. The molecular formula is C24H26F3N5O2. The van der Waals surface area contributed by atoms with Crippen LogP contribution in [-0.4, -0.2) is 38.9 Å². The van der Waals surface area contributed by atoms with Crippen LogP contribution >= 0.6 is 0 Å². The van der Waals surface area contributed by atoms with Crippen LogP contribution in [0, 0.1) is 11.7 Å². The third-order valence-corrected chi connectivity index (χ3v) is 5.79. The normalized spacial score (nSPS) is 19.1. The first kappa shape index (κ1) is 25.1. The Hall–Kier alpha value is -3.56. The summed E-state index contributed by atoms with van der Waals surface area (Å²) in [5, 5.41) is 2.78. The molecule has 1 saturated carbocycles.